The summed E-state index contributed by atoms with van der Waals surface area (Å²) in [5.74, 6) is -1.96. The fourth-order valence-corrected chi connectivity index (χ4v) is 4.62. The Morgan fingerprint density at radius 1 is 1.19 bits per heavy atom. The molecule has 5 rings (SSSR count). The number of carbonyl (C=O) groups is 1. The molecular formula is C23H15F3IN3O2. The van der Waals surface area contributed by atoms with Crippen LogP contribution in [0.5, 0.6) is 0 Å². The van der Waals surface area contributed by atoms with E-state index >= 15 is 4.39 Å². The normalized spacial score (nSPS) is 13.1. The van der Waals surface area contributed by atoms with Crippen LogP contribution in [-0.4, -0.2) is 17.4 Å². The summed E-state index contributed by atoms with van der Waals surface area (Å²) in [4.78, 5) is 18.3. The molecule has 5 nitrogen and oxygen atoms in total. The maximum absolute atomic E-state index is 15.5. The summed E-state index contributed by atoms with van der Waals surface area (Å²) in [6, 6.07) is 6.19. The molecule has 1 aliphatic rings. The maximum atomic E-state index is 15.5. The van der Waals surface area contributed by atoms with Crippen LogP contribution in [0.15, 0.2) is 47.2 Å². The highest BCUT2D eigenvalue weighted by Crippen LogP contribution is 2.41. The lowest BCUT2D eigenvalue weighted by Crippen LogP contribution is -2.30. The van der Waals surface area contributed by atoms with E-state index in [0.717, 1.165) is 21.8 Å². The van der Waals surface area contributed by atoms with Crippen LogP contribution in [0.1, 0.15) is 11.1 Å². The summed E-state index contributed by atoms with van der Waals surface area (Å²) in [5, 5.41) is 0.531. The molecule has 0 fully saturated rings. The number of furan rings is 1. The van der Waals surface area contributed by atoms with Crippen LogP contribution < -0.4 is 10.6 Å². The van der Waals surface area contributed by atoms with E-state index in [1.807, 2.05) is 0 Å². The lowest BCUT2D eigenvalue weighted by atomic mass is 10.00. The Bertz CT molecular complexity index is 1400. The summed E-state index contributed by atoms with van der Waals surface area (Å²) >= 11 is 2.07. The van der Waals surface area contributed by atoms with Crippen molar-refractivity contribution in [3.63, 3.8) is 0 Å². The van der Waals surface area contributed by atoms with Gasteiger partial charge >= 0.3 is 0 Å². The molecule has 1 aliphatic heterocycles. The minimum Gasteiger partial charge on any atom is -0.462 e. The van der Waals surface area contributed by atoms with Gasteiger partial charge < -0.3 is 15.1 Å². The number of hydrogen-bond acceptors (Lipinski definition) is 4. The molecule has 0 unspecified atom stereocenters. The number of aromatic nitrogens is 1. The van der Waals surface area contributed by atoms with Gasteiger partial charge in [0.2, 0.25) is 5.91 Å². The van der Waals surface area contributed by atoms with Gasteiger partial charge in [0.05, 0.1) is 21.6 Å². The SMILES string of the molecule is Nc1ncc(I)c2occ(-c3ccc4c(c3F)CCN4C(=O)Cc3cc(F)ccc3F)c12. The summed E-state index contributed by atoms with van der Waals surface area (Å²) in [6.07, 6.45) is 3.00. The molecule has 0 saturated carbocycles. The lowest BCUT2D eigenvalue weighted by molar-refractivity contribution is -0.117. The number of nitrogens with two attached hydrogens (primary N) is 1. The fraction of sp³-hybridized carbons (Fsp3) is 0.130. The zero-order valence-corrected chi connectivity index (χ0v) is 18.6. The molecule has 0 spiro atoms. The number of nitrogen functional groups attached to an aromatic ring is 1. The second kappa shape index (κ2) is 7.80. The Morgan fingerprint density at radius 2 is 2.00 bits per heavy atom. The van der Waals surface area contributed by atoms with Crippen LogP contribution in [0.4, 0.5) is 24.7 Å². The Labute approximate surface area is 194 Å². The number of anilines is 2. The average Bonchev–Trinajstić information content (AvgIpc) is 3.40. The van der Waals surface area contributed by atoms with E-state index in [2.05, 4.69) is 27.6 Å². The molecule has 0 bridgehead atoms. The molecule has 0 radical (unpaired) electrons. The molecule has 0 saturated heterocycles. The Kier molecular flexibility index (Phi) is 5.07. The van der Waals surface area contributed by atoms with Gasteiger partial charge in [-0.25, -0.2) is 18.2 Å². The number of pyridine rings is 1. The molecule has 2 aromatic heterocycles. The first-order chi connectivity index (χ1) is 15.3. The van der Waals surface area contributed by atoms with Crippen LogP contribution in [0.25, 0.3) is 22.1 Å². The molecular weight excluding hydrogens is 534 g/mol. The first-order valence-corrected chi connectivity index (χ1v) is 10.8. The number of rotatable bonds is 3. The molecule has 1 amide bonds. The van der Waals surface area contributed by atoms with Crippen molar-refractivity contribution < 1.29 is 22.4 Å². The number of fused-ring (bicyclic) bond motifs is 2. The summed E-state index contributed by atoms with van der Waals surface area (Å²) in [6.45, 7) is 0.249. The van der Waals surface area contributed by atoms with Gasteiger partial charge in [-0.3, -0.25) is 4.79 Å². The quantitative estimate of drug-likeness (QED) is 0.356. The fourth-order valence-electron chi connectivity index (χ4n) is 4.09. The third kappa shape index (κ3) is 3.31. The van der Waals surface area contributed by atoms with Crippen molar-refractivity contribution in [2.75, 3.05) is 17.2 Å². The standard InChI is InChI=1S/C23H15F3IN3O2/c24-12-1-3-16(25)11(7-12)8-19(31)30-6-5-14-18(30)4-2-13(21(14)26)15-10-32-22-17(27)9-29-23(28)20(15)22/h1-4,7,9-10H,5-6,8H2,(H2,28,29). The van der Waals surface area contributed by atoms with Crippen molar-refractivity contribution >= 4 is 51.0 Å². The third-order valence-electron chi connectivity index (χ3n) is 5.62. The molecule has 32 heavy (non-hydrogen) atoms. The second-order valence-electron chi connectivity index (χ2n) is 7.48. The van der Waals surface area contributed by atoms with E-state index in [9.17, 15) is 13.6 Å². The summed E-state index contributed by atoms with van der Waals surface area (Å²) in [7, 11) is 0. The zero-order valence-electron chi connectivity index (χ0n) is 16.5. The summed E-state index contributed by atoms with van der Waals surface area (Å²) < 4.78 is 49.3. The highest BCUT2D eigenvalue weighted by molar-refractivity contribution is 14.1. The number of amides is 1. The van der Waals surface area contributed by atoms with E-state index in [-0.39, 0.29) is 24.3 Å². The largest absolute Gasteiger partial charge is 0.462 e. The smallest absolute Gasteiger partial charge is 0.231 e. The Hall–Kier alpha value is -3.08. The highest BCUT2D eigenvalue weighted by atomic mass is 127. The number of halogens is 4. The van der Waals surface area contributed by atoms with Crippen LogP contribution in [0.2, 0.25) is 0 Å². The predicted octanol–water partition coefficient (Wildman–Crippen LogP) is 5.23. The minimum atomic E-state index is -0.659. The lowest BCUT2D eigenvalue weighted by Gasteiger charge is -2.18. The first-order valence-electron chi connectivity index (χ1n) is 9.72. The highest BCUT2D eigenvalue weighted by Gasteiger charge is 2.30. The van der Waals surface area contributed by atoms with Crippen molar-refractivity contribution in [2.45, 2.75) is 12.8 Å². The Morgan fingerprint density at radius 3 is 2.81 bits per heavy atom. The van der Waals surface area contributed by atoms with Crippen LogP contribution in [0, 0.1) is 21.0 Å². The van der Waals surface area contributed by atoms with Crippen LogP contribution in [-0.2, 0) is 17.6 Å². The van der Waals surface area contributed by atoms with Gasteiger partial charge in [-0.05, 0) is 59.3 Å². The molecule has 9 heteroatoms. The first kappa shape index (κ1) is 20.8. The zero-order chi connectivity index (χ0) is 22.6. The van der Waals surface area contributed by atoms with E-state index in [1.165, 1.54) is 11.2 Å². The van der Waals surface area contributed by atoms with Gasteiger partial charge in [-0.2, -0.15) is 0 Å². The molecule has 0 aliphatic carbocycles. The number of hydrogen-bond donors (Lipinski definition) is 1. The molecule has 0 atom stereocenters. The maximum Gasteiger partial charge on any atom is 0.231 e. The molecule has 162 valence electrons. The molecule has 3 heterocycles. The second-order valence-corrected chi connectivity index (χ2v) is 8.64. The van der Waals surface area contributed by atoms with Crippen molar-refractivity contribution in [3.05, 3.63) is 74.9 Å². The van der Waals surface area contributed by atoms with Crippen molar-refractivity contribution in [2.24, 2.45) is 0 Å². The van der Waals surface area contributed by atoms with Gasteiger partial charge in [0.1, 0.15) is 23.3 Å². The Balaban J connectivity index is 1.51. The van der Waals surface area contributed by atoms with Gasteiger partial charge in [0.25, 0.3) is 0 Å². The van der Waals surface area contributed by atoms with Crippen LogP contribution >= 0.6 is 22.6 Å². The number of nitrogens with zero attached hydrogens (tertiary/aromatic N) is 2. The summed E-state index contributed by atoms with van der Waals surface area (Å²) in [5.41, 5.74) is 8.08. The minimum absolute atomic E-state index is 0.0389. The monoisotopic (exact) mass is 549 g/mol. The van der Waals surface area contributed by atoms with Crippen molar-refractivity contribution in [1.82, 2.24) is 4.98 Å². The van der Waals surface area contributed by atoms with Crippen molar-refractivity contribution in [1.29, 1.82) is 0 Å². The predicted molar refractivity (Wildman–Crippen MR) is 123 cm³/mol. The molecule has 2 N–H and O–H groups in total. The topological polar surface area (TPSA) is 72.4 Å². The van der Waals surface area contributed by atoms with Crippen LogP contribution in [0.3, 0.4) is 0 Å². The van der Waals surface area contributed by atoms with Gasteiger partial charge in [0, 0.05) is 40.7 Å². The van der Waals surface area contributed by atoms with E-state index < -0.39 is 23.4 Å². The van der Waals surface area contributed by atoms with Crippen molar-refractivity contribution in [3.8, 4) is 11.1 Å². The number of carbonyl (C=O) groups excluding carboxylic acids is 1. The van der Waals surface area contributed by atoms with E-state index in [1.54, 1.807) is 18.3 Å². The van der Waals surface area contributed by atoms with Gasteiger partial charge in [-0.15, -0.1) is 0 Å². The number of benzene rings is 2. The molecule has 4 aromatic rings. The molecule has 2 aromatic carbocycles. The van der Waals surface area contributed by atoms with Gasteiger partial charge in [0.15, 0.2) is 5.58 Å². The average molecular weight is 549 g/mol. The van der Waals surface area contributed by atoms with E-state index in [4.69, 9.17) is 10.2 Å². The third-order valence-corrected chi connectivity index (χ3v) is 6.38. The van der Waals surface area contributed by atoms with E-state index in [0.29, 0.717) is 39.8 Å². The van der Waals surface area contributed by atoms with Gasteiger partial charge in [-0.1, -0.05) is 0 Å².